The molecule has 25 heavy (non-hydrogen) atoms. The maximum atomic E-state index is 12.9. The average molecular weight is 363 g/mol. The molecule has 0 saturated heterocycles. The normalized spacial score (nSPS) is 11.9. The van der Waals surface area contributed by atoms with E-state index in [0.29, 0.717) is 0 Å². The number of hydrogen-bond acceptors (Lipinski definition) is 2. The van der Waals surface area contributed by atoms with Crippen molar-refractivity contribution in [1.29, 1.82) is 0 Å². The molecule has 0 unspecified atom stereocenters. The zero-order valence-corrected chi connectivity index (χ0v) is 12.4. The molecule has 0 saturated carbocycles. The second kappa shape index (κ2) is 7.04. The highest BCUT2D eigenvalue weighted by Gasteiger charge is 2.35. The molecule has 0 atom stereocenters. The van der Waals surface area contributed by atoms with Gasteiger partial charge >= 0.3 is 12.4 Å². The van der Waals surface area contributed by atoms with E-state index in [9.17, 15) is 31.1 Å². The number of rotatable bonds is 4. The first-order valence-corrected chi connectivity index (χ1v) is 6.84. The van der Waals surface area contributed by atoms with Crippen LogP contribution < -0.4 is 10.1 Å². The summed E-state index contributed by atoms with van der Waals surface area (Å²) < 4.78 is 80.2. The first kappa shape index (κ1) is 18.6. The lowest BCUT2D eigenvalue weighted by atomic mass is 10.1. The van der Waals surface area contributed by atoms with E-state index >= 15 is 0 Å². The molecule has 9 heteroatoms. The molecule has 0 fully saturated rings. The lowest BCUT2D eigenvalue weighted by molar-refractivity contribution is -0.153. The molecule has 0 heterocycles. The summed E-state index contributed by atoms with van der Waals surface area (Å²) in [6.07, 6.45) is -9.35. The highest BCUT2D eigenvalue weighted by Crippen LogP contribution is 2.33. The number of para-hydroxylation sites is 2. The van der Waals surface area contributed by atoms with Gasteiger partial charge in [-0.05, 0) is 24.3 Å². The van der Waals surface area contributed by atoms with Gasteiger partial charge in [0.05, 0.1) is 16.8 Å². The van der Waals surface area contributed by atoms with E-state index in [1.807, 2.05) is 0 Å². The number of nitrogens with one attached hydrogen (secondary N) is 1. The van der Waals surface area contributed by atoms with Crippen molar-refractivity contribution in [2.24, 2.45) is 0 Å². The Morgan fingerprint density at radius 2 is 1.52 bits per heavy atom. The van der Waals surface area contributed by atoms with E-state index in [-0.39, 0.29) is 11.4 Å². The van der Waals surface area contributed by atoms with Crippen molar-refractivity contribution in [1.82, 2.24) is 0 Å². The summed E-state index contributed by atoms with van der Waals surface area (Å²) >= 11 is 0. The van der Waals surface area contributed by atoms with Gasteiger partial charge in [0.1, 0.15) is 5.75 Å². The summed E-state index contributed by atoms with van der Waals surface area (Å²) in [5.74, 6) is -1.42. The molecule has 0 bridgehead atoms. The molecule has 1 amide bonds. The lowest BCUT2D eigenvalue weighted by Crippen LogP contribution is -2.21. The smallest absolute Gasteiger partial charge is 0.422 e. The molecule has 134 valence electrons. The van der Waals surface area contributed by atoms with Gasteiger partial charge < -0.3 is 10.1 Å². The van der Waals surface area contributed by atoms with Crippen LogP contribution in [0.1, 0.15) is 15.9 Å². The largest absolute Gasteiger partial charge is 0.482 e. The van der Waals surface area contributed by atoms with Crippen molar-refractivity contribution in [2.75, 3.05) is 11.9 Å². The van der Waals surface area contributed by atoms with Gasteiger partial charge in [-0.1, -0.05) is 24.3 Å². The molecule has 0 aliphatic heterocycles. The Hall–Kier alpha value is -2.71. The van der Waals surface area contributed by atoms with Crippen molar-refractivity contribution in [3.8, 4) is 5.75 Å². The molecule has 1 N–H and O–H groups in total. The molecular weight excluding hydrogens is 352 g/mol. The number of ether oxygens (including phenoxy) is 1. The molecule has 2 rings (SSSR count). The molecule has 0 aromatic heterocycles. The van der Waals surface area contributed by atoms with E-state index in [1.165, 1.54) is 24.3 Å². The van der Waals surface area contributed by atoms with Crippen molar-refractivity contribution in [2.45, 2.75) is 12.4 Å². The third kappa shape index (κ3) is 5.13. The van der Waals surface area contributed by atoms with Gasteiger partial charge in [-0.15, -0.1) is 0 Å². The summed E-state index contributed by atoms with van der Waals surface area (Å²) in [4.78, 5) is 12.1. The Balaban J connectivity index is 2.25. The van der Waals surface area contributed by atoms with Gasteiger partial charge in [0.15, 0.2) is 6.61 Å². The van der Waals surface area contributed by atoms with Crippen LogP contribution in [0.15, 0.2) is 48.5 Å². The standard InChI is InChI=1S/C16H11F6NO2/c17-15(18,19)9-25-13-8-4-3-7-12(13)23-14(24)10-5-1-2-6-11(10)16(20,21)22/h1-8H,9H2,(H,23,24). The molecule has 0 spiro atoms. The Morgan fingerprint density at radius 3 is 2.16 bits per heavy atom. The SMILES string of the molecule is O=C(Nc1ccccc1OCC(F)(F)F)c1ccccc1C(F)(F)F. The van der Waals surface area contributed by atoms with Crippen molar-refractivity contribution in [3.63, 3.8) is 0 Å². The highest BCUT2D eigenvalue weighted by atomic mass is 19.4. The Morgan fingerprint density at radius 1 is 0.920 bits per heavy atom. The average Bonchev–Trinajstić information content (AvgIpc) is 2.52. The maximum Gasteiger partial charge on any atom is 0.422 e. The summed E-state index contributed by atoms with van der Waals surface area (Å²) in [5, 5.41) is 2.14. The summed E-state index contributed by atoms with van der Waals surface area (Å²) in [6.45, 7) is -1.60. The van der Waals surface area contributed by atoms with Gasteiger partial charge in [-0.25, -0.2) is 0 Å². The topological polar surface area (TPSA) is 38.3 Å². The minimum atomic E-state index is -4.75. The molecule has 0 aliphatic rings. The van der Waals surface area contributed by atoms with Crippen LogP contribution in [0.5, 0.6) is 5.75 Å². The van der Waals surface area contributed by atoms with Crippen molar-refractivity contribution in [3.05, 3.63) is 59.7 Å². The fourth-order valence-electron chi connectivity index (χ4n) is 1.97. The maximum absolute atomic E-state index is 12.9. The Labute approximate surface area is 138 Å². The van der Waals surface area contributed by atoms with Crippen LogP contribution in [0.25, 0.3) is 0 Å². The molecule has 3 nitrogen and oxygen atoms in total. The number of carbonyl (C=O) groups is 1. The summed E-state index contributed by atoms with van der Waals surface area (Å²) in [6, 6.07) is 9.22. The molecular formula is C16H11F6NO2. The van der Waals surface area contributed by atoms with Crippen LogP contribution in [-0.4, -0.2) is 18.7 Å². The number of carbonyl (C=O) groups excluding carboxylic acids is 1. The van der Waals surface area contributed by atoms with Crippen LogP contribution in [-0.2, 0) is 6.18 Å². The minimum Gasteiger partial charge on any atom is -0.482 e. The van der Waals surface area contributed by atoms with Gasteiger partial charge in [0.2, 0.25) is 0 Å². The fourth-order valence-corrected chi connectivity index (χ4v) is 1.97. The number of hydrogen-bond donors (Lipinski definition) is 1. The number of halogens is 6. The zero-order valence-electron chi connectivity index (χ0n) is 12.4. The molecule has 0 aliphatic carbocycles. The second-order valence-corrected chi connectivity index (χ2v) is 4.90. The Bertz CT molecular complexity index is 755. The van der Waals surface area contributed by atoms with Gasteiger partial charge in [-0.3, -0.25) is 4.79 Å². The number of alkyl halides is 6. The van der Waals surface area contributed by atoms with Gasteiger partial charge in [0, 0.05) is 0 Å². The van der Waals surface area contributed by atoms with Crippen molar-refractivity contribution >= 4 is 11.6 Å². The number of amides is 1. The third-order valence-electron chi connectivity index (χ3n) is 3.00. The quantitative estimate of drug-likeness (QED) is 0.785. The van der Waals surface area contributed by atoms with E-state index < -0.39 is 36.0 Å². The monoisotopic (exact) mass is 363 g/mol. The Kier molecular flexibility index (Phi) is 5.24. The van der Waals surface area contributed by atoms with E-state index in [2.05, 4.69) is 10.1 Å². The van der Waals surface area contributed by atoms with E-state index in [0.717, 1.165) is 24.3 Å². The molecule has 0 radical (unpaired) electrons. The number of anilines is 1. The second-order valence-electron chi connectivity index (χ2n) is 4.90. The molecule has 2 aromatic rings. The third-order valence-corrected chi connectivity index (χ3v) is 3.00. The summed E-state index contributed by atoms with van der Waals surface area (Å²) in [7, 11) is 0. The lowest BCUT2D eigenvalue weighted by Gasteiger charge is -2.15. The zero-order chi connectivity index (χ0) is 18.7. The van der Waals surface area contributed by atoms with Crippen LogP contribution >= 0.6 is 0 Å². The molecule has 2 aromatic carbocycles. The number of benzene rings is 2. The fraction of sp³-hybridized carbons (Fsp3) is 0.188. The van der Waals surface area contributed by atoms with E-state index in [1.54, 1.807) is 0 Å². The minimum absolute atomic E-state index is 0.172. The van der Waals surface area contributed by atoms with Gasteiger partial charge in [0.25, 0.3) is 5.91 Å². The highest BCUT2D eigenvalue weighted by molar-refractivity contribution is 6.06. The first-order valence-electron chi connectivity index (χ1n) is 6.84. The van der Waals surface area contributed by atoms with Crippen LogP contribution in [0.3, 0.4) is 0 Å². The van der Waals surface area contributed by atoms with Crippen molar-refractivity contribution < 1.29 is 35.9 Å². The van der Waals surface area contributed by atoms with Crippen LogP contribution in [0, 0.1) is 0 Å². The summed E-state index contributed by atoms with van der Waals surface area (Å²) in [5.41, 5.74) is -1.98. The first-order chi connectivity index (χ1) is 11.6. The predicted octanol–water partition coefficient (Wildman–Crippen LogP) is 4.90. The van der Waals surface area contributed by atoms with Crippen LogP contribution in [0.2, 0.25) is 0 Å². The van der Waals surface area contributed by atoms with Crippen LogP contribution in [0.4, 0.5) is 32.0 Å². The predicted molar refractivity (Wildman–Crippen MR) is 77.4 cm³/mol. The van der Waals surface area contributed by atoms with Gasteiger partial charge in [-0.2, -0.15) is 26.3 Å². The van der Waals surface area contributed by atoms with E-state index in [4.69, 9.17) is 0 Å².